The zero-order valence-corrected chi connectivity index (χ0v) is 9.17. The van der Waals surface area contributed by atoms with E-state index in [1.54, 1.807) is 0 Å². The summed E-state index contributed by atoms with van der Waals surface area (Å²) in [6.45, 7) is 7.42. The molecule has 0 aromatic rings. The van der Waals surface area contributed by atoms with Gasteiger partial charge in [0, 0.05) is 31.8 Å². The van der Waals surface area contributed by atoms with E-state index < -0.39 is 0 Å². The molecule has 2 aliphatic heterocycles. The second-order valence-corrected chi connectivity index (χ2v) is 4.41. The summed E-state index contributed by atoms with van der Waals surface area (Å²) in [6, 6.07) is 1.37. The van der Waals surface area contributed by atoms with Crippen LogP contribution in [-0.4, -0.2) is 49.8 Å². The summed E-state index contributed by atoms with van der Waals surface area (Å²) >= 11 is 0. The minimum Gasteiger partial charge on any atom is -0.380 e. The van der Waals surface area contributed by atoms with Crippen LogP contribution >= 0.6 is 0 Å². The fourth-order valence-corrected chi connectivity index (χ4v) is 2.55. The number of hydrogen-bond acceptors (Lipinski definition) is 3. The molecule has 0 saturated carbocycles. The fraction of sp³-hybridized carbons (Fsp3) is 1.00. The summed E-state index contributed by atoms with van der Waals surface area (Å²) < 4.78 is 5.46. The lowest BCUT2D eigenvalue weighted by molar-refractivity contribution is 0.0500. The first-order valence-corrected chi connectivity index (χ1v) is 5.95. The second kappa shape index (κ2) is 5.10. The average Bonchev–Trinajstić information content (AvgIpc) is 2.26. The molecule has 3 heteroatoms. The number of fused-ring (bicyclic) bond motifs is 1. The third-order valence-electron chi connectivity index (χ3n) is 3.37. The van der Waals surface area contributed by atoms with Crippen LogP contribution in [0.15, 0.2) is 0 Å². The molecule has 0 aliphatic carbocycles. The Hall–Kier alpha value is -0.120. The number of ether oxygens (including phenoxy) is 1. The van der Waals surface area contributed by atoms with Gasteiger partial charge in [-0.25, -0.2) is 0 Å². The Morgan fingerprint density at radius 2 is 2.36 bits per heavy atom. The molecule has 82 valence electrons. The molecule has 1 N–H and O–H groups in total. The molecule has 0 radical (unpaired) electrons. The molecule has 0 aromatic carbocycles. The summed E-state index contributed by atoms with van der Waals surface area (Å²) in [5.74, 6) is 0. The van der Waals surface area contributed by atoms with Gasteiger partial charge in [-0.05, 0) is 26.3 Å². The third-order valence-corrected chi connectivity index (χ3v) is 3.37. The van der Waals surface area contributed by atoms with Gasteiger partial charge >= 0.3 is 0 Å². The van der Waals surface area contributed by atoms with Crippen LogP contribution in [0, 0.1) is 0 Å². The zero-order chi connectivity index (χ0) is 9.80. The van der Waals surface area contributed by atoms with Crippen molar-refractivity contribution in [1.82, 2.24) is 10.2 Å². The molecule has 0 bridgehead atoms. The van der Waals surface area contributed by atoms with Crippen molar-refractivity contribution in [2.45, 2.75) is 38.3 Å². The highest BCUT2D eigenvalue weighted by atomic mass is 16.5. The maximum absolute atomic E-state index is 5.46. The van der Waals surface area contributed by atoms with Crippen molar-refractivity contribution >= 4 is 0 Å². The monoisotopic (exact) mass is 198 g/mol. The summed E-state index contributed by atoms with van der Waals surface area (Å²) in [7, 11) is 0. The summed E-state index contributed by atoms with van der Waals surface area (Å²) in [6.07, 6.45) is 4.19. The highest BCUT2D eigenvalue weighted by molar-refractivity contribution is 4.88. The van der Waals surface area contributed by atoms with Gasteiger partial charge in [0.05, 0.1) is 6.61 Å². The van der Waals surface area contributed by atoms with Crippen LogP contribution in [-0.2, 0) is 4.74 Å². The van der Waals surface area contributed by atoms with Gasteiger partial charge in [0.2, 0.25) is 0 Å². The lowest BCUT2D eigenvalue weighted by Crippen LogP contribution is -2.59. The van der Waals surface area contributed by atoms with E-state index in [4.69, 9.17) is 4.74 Å². The van der Waals surface area contributed by atoms with E-state index in [-0.39, 0.29) is 0 Å². The SMILES string of the molecule is CCOCC1CN2CCCCC2CN1. The Bertz CT molecular complexity index is 175. The Morgan fingerprint density at radius 1 is 1.43 bits per heavy atom. The minimum absolute atomic E-state index is 0.560. The molecule has 2 aliphatic rings. The van der Waals surface area contributed by atoms with Gasteiger partial charge in [-0.2, -0.15) is 0 Å². The normalized spacial score (nSPS) is 34.1. The fourth-order valence-electron chi connectivity index (χ4n) is 2.55. The first-order chi connectivity index (χ1) is 6.90. The smallest absolute Gasteiger partial charge is 0.0632 e. The predicted molar refractivity (Wildman–Crippen MR) is 57.5 cm³/mol. The van der Waals surface area contributed by atoms with Crippen molar-refractivity contribution in [2.24, 2.45) is 0 Å². The van der Waals surface area contributed by atoms with Gasteiger partial charge in [-0.3, -0.25) is 4.90 Å². The van der Waals surface area contributed by atoms with Crippen molar-refractivity contribution < 1.29 is 4.74 Å². The van der Waals surface area contributed by atoms with E-state index in [0.717, 1.165) is 25.8 Å². The molecule has 2 unspecified atom stereocenters. The van der Waals surface area contributed by atoms with Crippen molar-refractivity contribution in [2.75, 3.05) is 32.8 Å². The van der Waals surface area contributed by atoms with Crippen LogP contribution in [0.2, 0.25) is 0 Å². The van der Waals surface area contributed by atoms with Crippen LogP contribution in [0.1, 0.15) is 26.2 Å². The predicted octanol–water partition coefficient (Wildman–Crippen LogP) is 0.849. The maximum atomic E-state index is 5.46. The van der Waals surface area contributed by atoms with Crippen LogP contribution in [0.3, 0.4) is 0 Å². The number of piperidine rings is 1. The molecular weight excluding hydrogens is 176 g/mol. The third kappa shape index (κ3) is 2.47. The van der Waals surface area contributed by atoms with Crippen LogP contribution in [0.4, 0.5) is 0 Å². The Labute approximate surface area is 86.8 Å². The molecular formula is C11H22N2O. The standard InChI is InChI=1S/C11H22N2O/c1-2-14-9-10-8-13-6-4-3-5-11(13)7-12-10/h10-12H,2-9H2,1H3. The summed E-state index contributed by atoms with van der Waals surface area (Å²) in [4.78, 5) is 2.64. The van der Waals surface area contributed by atoms with E-state index in [9.17, 15) is 0 Å². The molecule has 14 heavy (non-hydrogen) atoms. The van der Waals surface area contributed by atoms with Crippen molar-refractivity contribution in [3.05, 3.63) is 0 Å². The number of rotatable bonds is 3. The van der Waals surface area contributed by atoms with Crippen LogP contribution in [0.5, 0.6) is 0 Å². The minimum atomic E-state index is 0.560. The molecule has 2 saturated heterocycles. The first kappa shape index (κ1) is 10.4. The Kier molecular flexibility index (Phi) is 3.79. The van der Waals surface area contributed by atoms with Crippen molar-refractivity contribution in [1.29, 1.82) is 0 Å². The lowest BCUT2D eigenvalue weighted by atomic mass is 9.98. The van der Waals surface area contributed by atoms with Crippen molar-refractivity contribution in [3.8, 4) is 0 Å². The molecule has 0 spiro atoms. The Morgan fingerprint density at radius 3 is 3.21 bits per heavy atom. The van der Waals surface area contributed by atoms with Gasteiger partial charge in [-0.15, -0.1) is 0 Å². The topological polar surface area (TPSA) is 24.5 Å². The molecule has 0 aromatic heterocycles. The van der Waals surface area contributed by atoms with E-state index in [1.165, 1.54) is 32.4 Å². The van der Waals surface area contributed by atoms with Gasteiger partial charge in [0.1, 0.15) is 0 Å². The van der Waals surface area contributed by atoms with Gasteiger partial charge in [-0.1, -0.05) is 6.42 Å². The number of hydrogen-bond donors (Lipinski definition) is 1. The second-order valence-electron chi connectivity index (χ2n) is 4.41. The molecule has 2 rings (SSSR count). The lowest BCUT2D eigenvalue weighted by Gasteiger charge is -2.43. The summed E-state index contributed by atoms with van der Waals surface area (Å²) in [5, 5.41) is 3.59. The van der Waals surface area contributed by atoms with Crippen LogP contribution in [0.25, 0.3) is 0 Å². The summed E-state index contributed by atoms with van der Waals surface area (Å²) in [5.41, 5.74) is 0. The van der Waals surface area contributed by atoms with E-state index in [1.807, 2.05) is 0 Å². The van der Waals surface area contributed by atoms with E-state index in [0.29, 0.717) is 6.04 Å². The largest absolute Gasteiger partial charge is 0.380 e. The van der Waals surface area contributed by atoms with Gasteiger partial charge < -0.3 is 10.1 Å². The highest BCUT2D eigenvalue weighted by Gasteiger charge is 2.29. The Balaban J connectivity index is 1.77. The quantitative estimate of drug-likeness (QED) is 0.727. The molecule has 0 amide bonds. The van der Waals surface area contributed by atoms with Gasteiger partial charge in [0.15, 0.2) is 0 Å². The van der Waals surface area contributed by atoms with Gasteiger partial charge in [0.25, 0.3) is 0 Å². The number of nitrogens with zero attached hydrogens (tertiary/aromatic N) is 1. The van der Waals surface area contributed by atoms with E-state index >= 15 is 0 Å². The zero-order valence-electron chi connectivity index (χ0n) is 9.17. The van der Waals surface area contributed by atoms with Crippen molar-refractivity contribution in [3.63, 3.8) is 0 Å². The molecule has 2 fully saturated rings. The van der Waals surface area contributed by atoms with Crippen LogP contribution < -0.4 is 5.32 Å². The number of nitrogens with one attached hydrogen (secondary N) is 1. The maximum Gasteiger partial charge on any atom is 0.0632 e. The van der Waals surface area contributed by atoms with E-state index in [2.05, 4.69) is 17.1 Å². The highest BCUT2D eigenvalue weighted by Crippen LogP contribution is 2.19. The average molecular weight is 198 g/mol. The molecule has 2 heterocycles. The molecule has 2 atom stereocenters. The first-order valence-electron chi connectivity index (χ1n) is 5.95. The molecule has 3 nitrogen and oxygen atoms in total. The number of piperazine rings is 1.